The standard InChI is InChI=1S/C14H21NO2/c1-9(2)15-13(14(16)17-5)12-8-10(3)6-7-11(12)4/h6-9,13,15H,1-5H3. The Morgan fingerprint density at radius 2 is 1.94 bits per heavy atom. The molecule has 3 heteroatoms. The van der Waals surface area contributed by atoms with Crippen molar-refractivity contribution in [1.29, 1.82) is 0 Å². The molecule has 1 N–H and O–H groups in total. The molecule has 0 aliphatic rings. The van der Waals surface area contributed by atoms with Crippen LogP contribution in [0.3, 0.4) is 0 Å². The number of methoxy groups -OCH3 is 1. The van der Waals surface area contributed by atoms with Crippen molar-refractivity contribution in [1.82, 2.24) is 5.32 Å². The highest BCUT2D eigenvalue weighted by atomic mass is 16.5. The van der Waals surface area contributed by atoms with Crippen molar-refractivity contribution < 1.29 is 9.53 Å². The van der Waals surface area contributed by atoms with Crippen molar-refractivity contribution in [2.24, 2.45) is 0 Å². The number of ether oxygens (including phenoxy) is 1. The second kappa shape index (κ2) is 5.82. The summed E-state index contributed by atoms with van der Waals surface area (Å²) < 4.78 is 4.86. The first-order chi connectivity index (χ1) is 7.95. The van der Waals surface area contributed by atoms with Gasteiger partial charge in [0.15, 0.2) is 0 Å². The van der Waals surface area contributed by atoms with Gasteiger partial charge in [-0.15, -0.1) is 0 Å². The van der Waals surface area contributed by atoms with Crippen molar-refractivity contribution >= 4 is 5.97 Å². The van der Waals surface area contributed by atoms with E-state index in [-0.39, 0.29) is 18.1 Å². The van der Waals surface area contributed by atoms with E-state index in [1.54, 1.807) is 0 Å². The Kier molecular flexibility index (Phi) is 4.70. The average Bonchev–Trinajstić information content (AvgIpc) is 2.28. The normalized spacial score (nSPS) is 12.6. The Hall–Kier alpha value is -1.35. The molecule has 0 spiro atoms. The molecule has 0 saturated heterocycles. The molecule has 0 aliphatic heterocycles. The highest BCUT2D eigenvalue weighted by Crippen LogP contribution is 2.21. The van der Waals surface area contributed by atoms with Gasteiger partial charge < -0.3 is 4.74 Å². The minimum absolute atomic E-state index is 0.221. The van der Waals surface area contributed by atoms with Gasteiger partial charge in [0.05, 0.1) is 7.11 Å². The maximum absolute atomic E-state index is 11.8. The molecule has 0 aliphatic carbocycles. The summed E-state index contributed by atoms with van der Waals surface area (Å²) in [5.74, 6) is -0.243. The molecule has 94 valence electrons. The predicted octanol–water partition coefficient (Wildman–Crippen LogP) is 2.52. The lowest BCUT2D eigenvalue weighted by atomic mass is 9.98. The highest BCUT2D eigenvalue weighted by Gasteiger charge is 2.23. The van der Waals surface area contributed by atoms with Gasteiger partial charge in [0.1, 0.15) is 6.04 Å². The SMILES string of the molecule is COC(=O)C(NC(C)C)c1cc(C)ccc1C. The topological polar surface area (TPSA) is 38.3 Å². The zero-order chi connectivity index (χ0) is 13.0. The van der Waals surface area contributed by atoms with Gasteiger partial charge in [-0.1, -0.05) is 23.8 Å². The maximum atomic E-state index is 11.8. The maximum Gasteiger partial charge on any atom is 0.327 e. The molecule has 0 aromatic heterocycles. The Morgan fingerprint density at radius 3 is 2.47 bits per heavy atom. The Morgan fingerprint density at radius 1 is 1.29 bits per heavy atom. The molecule has 1 aromatic rings. The van der Waals surface area contributed by atoms with Crippen molar-refractivity contribution in [3.05, 3.63) is 34.9 Å². The lowest BCUT2D eigenvalue weighted by Gasteiger charge is -2.21. The monoisotopic (exact) mass is 235 g/mol. The number of carbonyl (C=O) groups excluding carboxylic acids is 1. The van der Waals surface area contributed by atoms with Gasteiger partial charge in [-0.25, -0.2) is 4.79 Å². The molecule has 1 aromatic carbocycles. The smallest absolute Gasteiger partial charge is 0.327 e. The summed E-state index contributed by atoms with van der Waals surface area (Å²) in [7, 11) is 1.42. The van der Waals surface area contributed by atoms with Gasteiger partial charge in [0, 0.05) is 6.04 Å². The molecular weight excluding hydrogens is 214 g/mol. The van der Waals surface area contributed by atoms with E-state index in [2.05, 4.69) is 5.32 Å². The zero-order valence-electron chi connectivity index (χ0n) is 11.2. The van der Waals surface area contributed by atoms with E-state index in [4.69, 9.17) is 4.74 Å². The second-order valence-electron chi connectivity index (χ2n) is 4.64. The van der Waals surface area contributed by atoms with Crippen LogP contribution in [-0.2, 0) is 9.53 Å². The van der Waals surface area contributed by atoms with E-state index in [1.807, 2.05) is 45.9 Å². The van der Waals surface area contributed by atoms with Crippen LogP contribution >= 0.6 is 0 Å². The molecule has 0 fully saturated rings. The molecule has 0 amide bonds. The van der Waals surface area contributed by atoms with Gasteiger partial charge in [-0.3, -0.25) is 5.32 Å². The van der Waals surface area contributed by atoms with Gasteiger partial charge in [0.25, 0.3) is 0 Å². The fourth-order valence-corrected chi connectivity index (χ4v) is 1.81. The number of benzene rings is 1. The predicted molar refractivity (Wildman–Crippen MR) is 68.9 cm³/mol. The average molecular weight is 235 g/mol. The first-order valence-electron chi connectivity index (χ1n) is 5.86. The van der Waals surface area contributed by atoms with Crippen LogP contribution in [0.2, 0.25) is 0 Å². The molecule has 0 heterocycles. The summed E-state index contributed by atoms with van der Waals surface area (Å²) in [5.41, 5.74) is 3.23. The fraction of sp³-hybridized carbons (Fsp3) is 0.500. The van der Waals surface area contributed by atoms with E-state index < -0.39 is 0 Å². The third-order valence-corrected chi connectivity index (χ3v) is 2.68. The summed E-state index contributed by atoms with van der Waals surface area (Å²) in [6.45, 7) is 8.06. The third kappa shape index (κ3) is 3.56. The van der Waals surface area contributed by atoms with Crippen LogP contribution in [0.4, 0.5) is 0 Å². The van der Waals surface area contributed by atoms with E-state index in [0.717, 1.165) is 16.7 Å². The number of nitrogens with one attached hydrogen (secondary N) is 1. The van der Waals surface area contributed by atoms with Crippen LogP contribution in [0.25, 0.3) is 0 Å². The van der Waals surface area contributed by atoms with E-state index >= 15 is 0 Å². The van der Waals surface area contributed by atoms with Gasteiger partial charge in [0.2, 0.25) is 0 Å². The van der Waals surface area contributed by atoms with Crippen molar-refractivity contribution in [3.63, 3.8) is 0 Å². The van der Waals surface area contributed by atoms with Crippen molar-refractivity contribution in [2.75, 3.05) is 7.11 Å². The molecule has 3 nitrogen and oxygen atoms in total. The van der Waals surface area contributed by atoms with Crippen LogP contribution < -0.4 is 5.32 Å². The molecule has 17 heavy (non-hydrogen) atoms. The van der Waals surface area contributed by atoms with Crippen LogP contribution in [-0.4, -0.2) is 19.1 Å². The summed E-state index contributed by atoms with van der Waals surface area (Å²) in [6.07, 6.45) is 0. The molecule has 0 saturated carbocycles. The van der Waals surface area contributed by atoms with Gasteiger partial charge >= 0.3 is 5.97 Å². The van der Waals surface area contributed by atoms with Crippen LogP contribution in [0.1, 0.15) is 36.6 Å². The lowest BCUT2D eigenvalue weighted by molar-refractivity contribution is -0.143. The first-order valence-corrected chi connectivity index (χ1v) is 5.86. The summed E-state index contributed by atoms with van der Waals surface area (Å²) in [4.78, 5) is 11.8. The Bertz CT molecular complexity index is 399. The number of hydrogen-bond donors (Lipinski definition) is 1. The number of carbonyl (C=O) groups is 1. The molecule has 0 radical (unpaired) electrons. The van der Waals surface area contributed by atoms with E-state index in [9.17, 15) is 4.79 Å². The largest absolute Gasteiger partial charge is 0.468 e. The van der Waals surface area contributed by atoms with E-state index in [1.165, 1.54) is 7.11 Å². The summed E-state index contributed by atoms with van der Waals surface area (Å²) in [6, 6.07) is 5.94. The Labute approximate surface area is 103 Å². The second-order valence-corrected chi connectivity index (χ2v) is 4.64. The van der Waals surface area contributed by atoms with Crippen LogP contribution in [0.15, 0.2) is 18.2 Å². The third-order valence-electron chi connectivity index (χ3n) is 2.68. The fourth-order valence-electron chi connectivity index (χ4n) is 1.81. The van der Waals surface area contributed by atoms with Gasteiger partial charge in [-0.2, -0.15) is 0 Å². The van der Waals surface area contributed by atoms with Crippen LogP contribution in [0, 0.1) is 13.8 Å². The van der Waals surface area contributed by atoms with E-state index in [0.29, 0.717) is 0 Å². The van der Waals surface area contributed by atoms with Crippen molar-refractivity contribution in [2.45, 2.75) is 39.8 Å². The molecular formula is C14H21NO2. The van der Waals surface area contributed by atoms with Crippen molar-refractivity contribution in [3.8, 4) is 0 Å². The summed E-state index contributed by atoms with van der Waals surface area (Å²) >= 11 is 0. The first kappa shape index (κ1) is 13.7. The van der Waals surface area contributed by atoms with Crippen LogP contribution in [0.5, 0.6) is 0 Å². The highest BCUT2D eigenvalue weighted by molar-refractivity contribution is 5.78. The Balaban J connectivity index is 3.11. The molecule has 1 rings (SSSR count). The quantitative estimate of drug-likeness (QED) is 0.815. The summed E-state index contributed by atoms with van der Waals surface area (Å²) in [5, 5.41) is 3.24. The molecule has 1 atom stereocenters. The minimum atomic E-state index is -0.389. The number of aryl methyl sites for hydroxylation is 2. The molecule has 1 unspecified atom stereocenters. The molecule has 0 bridgehead atoms. The number of hydrogen-bond acceptors (Lipinski definition) is 3. The number of esters is 1. The number of rotatable bonds is 4. The van der Waals surface area contributed by atoms with Gasteiger partial charge in [-0.05, 0) is 38.8 Å². The minimum Gasteiger partial charge on any atom is -0.468 e. The lowest BCUT2D eigenvalue weighted by Crippen LogP contribution is -2.34. The zero-order valence-corrected chi connectivity index (χ0v) is 11.2.